The van der Waals surface area contributed by atoms with Crippen molar-refractivity contribution in [2.45, 2.75) is 6.42 Å². The number of ether oxygens (including phenoxy) is 2. The summed E-state index contributed by atoms with van der Waals surface area (Å²) < 4.78 is 14.3. The first-order valence-electron chi connectivity index (χ1n) is 6.96. The van der Waals surface area contributed by atoms with Crippen molar-refractivity contribution in [2.75, 3.05) is 19.5 Å². The van der Waals surface area contributed by atoms with Gasteiger partial charge >= 0.3 is 0 Å². The highest BCUT2D eigenvalue weighted by molar-refractivity contribution is 7.04. The molecule has 2 aromatic heterocycles. The number of fused-ring (bicyclic) bond motifs is 1. The number of carbonyl (C=O) groups excluding carboxylic acids is 1. The van der Waals surface area contributed by atoms with Crippen LogP contribution in [0.2, 0.25) is 0 Å². The smallest absolute Gasteiger partial charge is 0.278 e. The Labute approximate surface area is 140 Å². The van der Waals surface area contributed by atoms with Gasteiger partial charge in [-0.1, -0.05) is 0 Å². The maximum Gasteiger partial charge on any atom is 0.278 e. The van der Waals surface area contributed by atoms with Crippen LogP contribution in [0.5, 0.6) is 11.5 Å². The molecule has 1 amide bonds. The lowest BCUT2D eigenvalue weighted by atomic mass is 10.2. The normalized spacial score (nSPS) is 10.6. The molecule has 0 aliphatic rings. The van der Waals surface area contributed by atoms with E-state index in [9.17, 15) is 9.59 Å². The zero-order chi connectivity index (χ0) is 17.1. The maximum absolute atomic E-state index is 12.2. The van der Waals surface area contributed by atoms with E-state index in [1.165, 1.54) is 14.2 Å². The molecule has 8 nitrogen and oxygen atoms in total. The maximum atomic E-state index is 12.2. The Morgan fingerprint density at radius 1 is 1.29 bits per heavy atom. The number of hydrogen-bond donors (Lipinski definition) is 2. The Morgan fingerprint density at radius 3 is 2.83 bits per heavy atom. The summed E-state index contributed by atoms with van der Waals surface area (Å²) in [6, 6.07) is 5.04. The molecule has 1 aromatic carbocycles. The van der Waals surface area contributed by atoms with Gasteiger partial charge in [-0.05, 0) is 23.7 Å². The molecule has 124 valence electrons. The van der Waals surface area contributed by atoms with E-state index in [-0.39, 0.29) is 29.2 Å². The lowest BCUT2D eigenvalue weighted by molar-refractivity contribution is -0.115. The van der Waals surface area contributed by atoms with Crippen LogP contribution >= 0.6 is 11.5 Å². The van der Waals surface area contributed by atoms with Crippen molar-refractivity contribution in [3.05, 3.63) is 39.8 Å². The predicted molar refractivity (Wildman–Crippen MR) is 89.9 cm³/mol. The molecule has 24 heavy (non-hydrogen) atoms. The molecule has 0 spiro atoms. The van der Waals surface area contributed by atoms with E-state index in [0.717, 1.165) is 11.5 Å². The van der Waals surface area contributed by atoms with Crippen LogP contribution in [0.4, 0.5) is 5.69 Å². The third-order valence-electron chi connectivity index (χ3n) is 3.27. The predicted octanol–water partition coefficient (Wildman–Crippen LogP) is 1.58. The van der Waals surface area contributed by atoms with Gasteiger partial charge in [0.1, 0.15) is 11.3 Å². The lowest BCUT2D eigenvalue weighted by Gasteiger charge is -2.10. The monoisotopic (exact) mass is 346 g/mol. The van der Waals surface area contributed by atoms with Gasteiger partial charge in [0.15, 0.2) is 17.0 Å². The topological polar surface area (TPSA) is 106 Å². The van der Waals surface area contributed by atoms with E-state index in [2.05, 4.69) is 19.7 Å². The molecular formula is C15H14N4O4S. The van der Waals surface area contributed by atoms with E-state index in [4.69, 9.17) is 9.47 Å². The van der Waals surface area contributed by atoms with Crippen LogP contribution in [-0.4, -0.2) is 34.5 Å². The highest BCUT2D eigenvalue weighted by Crippen LogP contribution is 2.29. The van der Waals surface area contributed by atoms with Gasteiger partial charge in [0.05, 0.1) is 20.6 Å². The highest BCUT2D eigenvalue weighted by atomic mass is 32.1. The first-order chi connectivity index (χ1) is 11.6. The molecule has 0 aliphatic heterocycles. The van der Waals surface area contributed by atoms with Crippen LogP contribution in [0.1, 0.15) is 5.82 Å². The fraction of sp³-hybridized carbons (Fsp3) is 0.200. The summed E-state index contributed by atoms with van der Waals surface area (Å²) in [5.41, 5.74) is 0.968. The average molecular weight is 346 g/mol. The zero-order valence-corrected chi connectivity index (χ0v) is 13.8. The van der Waals surface area contributed by atoms with Crippen LogP contribution in [0, 0.1) is 0 Å². The Kier molecular flexibility index (Phi) is 4.43. The second-order valence-electron chi connectivity index (χ2n) is 4.86. The molecule has 0 saturated heterocycles. The van der Waals surface area contributed by atoms with E-state index >= 15 is 0 Å². The average Bonchev–Trinajstić information content (AvgIpc) is 3.03. The summed E-state index contributed by atoms with van der Waals surface area (Å²) >= 11 is 1.15. The molecule has 0 atom stereocenters. The minimum absolute atomic E-state index is 0.0601. The molecule has 9 heteroatoms. The summed E-state index contributed by atoms with van der Waals surface area (Å²) in [4.78, 5) is 30.8. The fourth-order valence-electron chi connectivity index (χ4n) is 2.19. The van der Waals surface area contributed by atoms with Crippen LogP contribution in [-0.2, 0) is 11.2 Å². The highest BCUT2D eigenvalue weighted by Gasteiger charge is 2.11. The Morgan fingerprint density at radius 2 is 2.08 bits per heavy atom. The quantitative estimate of drug-likeness (QED) is 0.726. The summed E-state index contributed by atoms with van der Waals surface area (Å²) in [5.74, 6) is 1.04. The number of nitrogens with one attached hydrogen (secondary N) is 2. The molecule has 0 bridgehead atoms. The number of hydrogen-bond acceptors (Lipinski definition) is 7. The number of benzene rings is 1. The fourth-order valence-corrected chi connectivity index (χ4v) is 2.79. The lowest BCUT2D eigenvalue weighted by Crippen LogP contribution is -2.19. The zero-order valence-electron chi connectivity index (χ0n) is 13.0. The molecule has 0 saturated carbocycles. The number of anilines is 1. The molecule has 3 rings (SSSR count). The van der Waals surface area contributed by atoms with E-state index in [1.54, 1.807) is 23.6 Å². The number of methoxy groups -OCH3 is 2. The van der Waals surface area contributed by atoms with E-state index < -0.39 is 0 Å². The van der Waals surface area contributed by atoms with Crippen molar-refractivity contribution in [2.24, 2.45) is 0 Å². The minimum Gasteiger partial charge on any atom is -0.493 e. The molecule has 0 aliphatic carbocycles. The third kappa shape index (κ3) is 3.20. The number of aromatic nitrogens is 3. The van der Waals surface area contributed by atoms with Gasteiger partial charge in [0, 0.05) is 17.1 Å². The SMILES string of the molecule is COc1ccc(NC(=O)Cc2nc3csnc3c(=O)[nH]2)cc1OC. The second-order valence-corrected chi connectivity index (χ2v) is 5.48. The first kappa shape index (κ1) is 15.9. The van der Waals surface area contributed by atoms with Crippen LogP contribution < -0.4 is 20.3 Å². The summed E-state index contributed by atoms with van der Waals surface area (Å²) in [7, 11) is 3.05. The molecule has 2 N–H and O–H groups in total. The van der Waals surface area contributed by atoms with Crippen molar-refractivity contribution < 1.29 is 14.3 Å². The standard InChI is InChI=1S/C15H14N4O4S/c1-22-10-4-3-8(5-11(10)23-2)16-13(20)6-12-17-9-7-24-19-14(9)15(21)18-12/h3-5,7H,6H2,1-2H3,(H,16,20)(H,17,18,21). The van der Waals surface area contributed by atoms with Gasteiger partial charge in [0.2, 0.25) is 5.91 Å². The summed E-state index contributed by atoms with van der Waals surface area (Å²) in [6.07, 6.45) is -0.0601. The van der Waals surface area contributed by atoms with E-state index in [0.29, 0.717) is 22.7 Å². The summed E-state index contributed by atoms with van der Waals surface area (Å²) in [6.45, 7) is 0. The third-order valence-corrected chi connectivity index (χ3v) is 3.89. The van der Waals surface area contributed by atoms with Gasteiger partial charge in [-0.15, -0.1) is 0 Å². The molecule has 2 heterocycles. The summed E-state index contributed by atoms with van der Waals surface area (Å²) in [5, 5.41) is 4.40. The second kappa shape index (κ2) is 6.67. The first-order valence-corrected chi connectivity index (χ1v) is 7.79. The number of carbonyl (C=O) groups is 1. The molecule has 0 radical (unpaired) electrons. The Bertz CT molecular complexity index is 950. The van der Waals surface area contributed by atoms with Gasteiger partial charge in [-0.25, -0.2) is 4.98 Å². The largest absolute Gasteiger partial charge is 0.493 e. The van der Waals surface area contributed by atoms with Crippen molar-refractivity contribution >= 4 is 34.2 Å². The van der Waals surface area contributed by atoms with Crippen molar-refractivity contribution in [3.63, 3.8) is 0 Å². The molecule has 3 aromatic rings. The molecule has 0 unspecified atom stereocenters. The Hall–Kier alpha value is -2.94. The number of aromatic amines is 1. The van der Waals surface area contributed by atoms with Crippen LogP contribution in [0.25, 0.3) is 11.0 Å². The van der Waals surface area contributed by atoms with Crippen molar-refractivity contribution in [1.29, 1.82) is 0 Å². The number of H-pyrrole nitrogens is 1. The number of amides is 1. The van der Waals surface area contributed by atoms with E-state index in [1.807, 2.05) is 0 Å². The number of nitrogens with zero attached hydrogens (tertiary/aromatic N) is 2. The van der Waals surface area contributed by atoms with Crippen LogP contribution in [0.3, 0.4) is 0 Å². The van der Waals surface area contributed by atoms with Gasteiger partial charge < -0.3 is 19.8 Å². The van der Waals surface area contributed by atoms with Gasteiger partial charge in [-0.3, -0.25) is 9.59 Å². The minimum atomic E-state index is -0.352. The number of rotatable bonds is 5. The molecular weight excluding hydrogens is 332 g/mol. The van der Waals surface area contributed by atoms with Gasteiger partial charge in [-0.2, -0.15) is 4.37 Å². The van der Waals surface area contributed by atoms with Gasteiger partial charge in [0.25, 0.3) is 5.56 Å². The molecule has 0 fully saturated rings. The van der Waals surface area contributed by atoms with Crippen molar-refractivity contribution in [3.8, 4) is 11.5 Å². The van der Waals surface area contributed by atoms with Crippen molar-refractivity contribution in [1.82, 2.24) is 14.3 Å². The Balaban J connectivity index is 1.76. The van der Waals surface area contributed by atoms with Crippen LogP contribution in [0.15, 0.2) is 28.4 Å².